The van der Waals surface area contributed by atoms with E-state index in [4.69, 9.17) is 4.74 Å². The van der Waals surface area contributed by atoms with E-state index in [2.05, 4.69) is 39.7 Å². The number of hydrogen-bond donors (Lipinski definition) is 2. The van der Waals surface area contributed by atoms with E-state index < -0.39 is 0 Å². The first kappa shape index (κ1) is 18.4. The zero-order valence-electron chi connectivity index (χ0n) is 15.4. The molecule has 1 heterocycles. The summed E-state index contributed by atoms with van der Waals surface area (Å²) in [6.07, 6.45) is 2.70. The van der Waals surface area contributed by atoms with Gasteiger partial charge in [0.1, 0.15) is 5.82 Å². The number of carbonyl (C=O) groups is 1. The van der Waals surface area contributed by atoms with E-state index in [0.717, 1.165) is 17.8 Å². The van der Waals surface area contributed by atoms with Crippen LogP contribution in [0.1, 0.15) is 29.8 Å². The van der Waals surface area contributed by atoms with E-state index in [1.807, 2.05) is 18.2 Å². The minimum absolute atomic E-state index is 0.333. The van der Waals surface area contributed by atoms with Gasteiger partial charge in [0.25, 0.3) is 0 Å². The molecule has 0 aliphatic carbocycles. The van der Waals surface area contributed by atoms with E-state index in [-0.39, 0.29) is 5.97 Å². The summed E-state index contributed by atoms with van der Waals surface area (Å²) >= 11 is 0. The van der Waals surface area contributed by atoms with Gasteiger partial charge in [-0.2, -0.15) is 4.98 Å². The van der Waals surface area contributed by atoms with Crippen molar-refractivity contribution in [1.29, 1.82) is 0 Å². The van der Waals surface area contributed by atoms with Gasteiger partial charge in [-0.1, -0.05) is 19.1 Å². The Bertz CT molecular complexity index is 893. The molecule has 138 valence electrons. The summed E-state index contributed by atoms with van der Waals surface area (Å²) in [5.74, 6) is 0.828. The summed E-state index contributed by atoms with van der Waals surface area (Å²) in [5.41, 5.74) is 3.55. The number of nitrogens with zero attached hydrogens (tertiary/aromatic N) is 2. The molecule has 0 aliphatic heterocycles. The number of hydrogen-bond acceptors (Lipinski definition) is 6. The van der Waals surface area contributed by atoms with Crippen molar-refractivity contribution in [2.45, 2.75) is 20.3 Å². The number of ether oxygens (including phenoxy) is 1. The Morgan fingerprint density at radius 1 is 0.926 bits per heavy atom. The first-order chi connectivity index (χ1) is 13.2. The van der Waals surface area contributed by atoms with Gasteiger partial charge in [-0.3, -0.25) is 0 Å². The predicted octanol–water partition coefficient (Wildman–Crippen LogP) is 4.70. The molecule has 0 unspecified atom stereocenters. The third kappa shape index (κ3) is 5.04. The van der Waals surface area contributed by atoms with E-state index in [0.29, 0.717) is 23.9 Å². The molecule has 0 fully saturated rings. The molecule has 6 heteroatoms. The first-order valence-electron chi connectivity index (χ1n) is 8.91. The first-order valence-corrected chi connectivity index (χ1v) is 8.91. The van der Waals surface area contributed by atoms with Crippen LogP contribution in [0.2, 0.25) is 0 Å². The Kier molecular flexibility index (Phi) is 5.99. The van der Waals surface area contributed by atoms with Gasteiger partial charge in [0.2, 0.25) is 5.95 Å². The van der Waals surface area contributed by atoms with Crippen LogP contribution in [-0.2, 0) is 11.2 Å². The van der Waals surface area contributed by atoms with E-state index in [1.54, 1.807) is 37.4 Å². The largest absolute Gasteiger partial charge is 0.462 e. The average Bonchev–Trinajstić information content (AvgIpc) is 2.70. The number of esters is 1. The molecule has 1 aromatic heterocycles. The monoisotopic (exact) mass is 362 g/mol. The Hall–Kier alpha value is -3.41. The van der Waals surface area contributed by atoms with Crippen molar-refractivity contribution in [2.24, 2.45) is 0 Å². The third-order valence-electron chi connectivity index (χ3n) is 3.94. The van der Waals surface area contributed by atoms with Crippen molar-refractivity contribution in [3.8, 4) is 0 Å². The van der Waals surface area contributed by atoms with E-state index >= 15 is 0 Å². The highest BCUT2D eigenvalue weighted by Gasteiger charge is 2.06. The zero-order chi connectivity index (χ0) is 19.1. The van der Waals surface area contributed by atoms with E-state index in [9.17, 15) is 4.79 Å². The molecule has 27 heavy (non-hydrogen) atoms. The molecule has 6 nitrogen and oxygen atoms in total. The molecule has 0 saturated carbocycles. The summed E-state index contributed by atoms with van der Waals surface area (Å²) in [6.45, 7) is 4.27. The van der Waals surface area contributed by atoms with Gasteiger partial charge in [0.05, 0.1) is 12.2 Å². The number of rotatable bonds is 7. The number of benzene rings is 2. The second kappa shape index (κ2) is 8.80. The van der Waals surface area contributed by atoms with Crippen LogP contribution in [-0.4, -0.2) is 22.5 Å². The van der Waals surface area contributed by atoms with Crippen molar-refractivity contribution in [1.82, 2.24) is 9.97 Å². The molecule has 0 spiro atoms. The number of aromatic nitrogens is 2. The van der Waals surface area contributed by atoms with Gasteiger partial charge in [0, 0.05) is 17.6 Å². The molecule has 0 amide bonds. The van der Waals surface area contributed by atoms with Crippen molar-refractivity contribution in [3.63, 3.8) is 0 Å². The maximum atomic E-state index is 11.7. The van der Waals surface area contributed by atoms with Crippen molar-refractivity contribution in [2.75, 3.05) is 17.2 Å². The summed E-state index contributed by atoms with van der Waals surface area (Å²) in [4.78, 5) is 20.4. The summed E-state index contributed by atoms with van der Waals surface area (Å²) in [5, 5.41) is 6.40. The average molecular weight is 362 g/mol. The van der Waals surface area contributed by atoms with Crippen LogP contribution in [0.15, 0.2) is 60.8 Å². The Labute approximate surface area is 158 Å². The number of nitrogens with one attached hydrogen (secondary N) is 2. The highest BCUT2D eigenvalue weighted by molar-refractivity contribution is 5.89. The quantitative estimate of drug-likeness (QED) is 0.593. The molecule has 3 aromatic rings. The standard InChI is InChI=1S/C21H22N4O2/c1-3-15-5-9-17(10-6-15)23-19-13-14-22-21(25-19)24-18-11-7-16(8-12-18)20(26)27-4-2/h5-14H,3-4H2,1-2H3,(H2,22,23,24,25). The van der Waals surface area contributed by atoms with Crippen molar-refractivity contribution < 1.29 is 9.53 Å². The molecular formula is C21H22N4O2. The van der Waals surface area contributed by atoms with Crippen molar-refractivity contribution in [3.05, 3.63) is 71.9 Å². The van der Waals surface area contributed by atoms with Crippen LogP contribution in [0.5, 0.6) is 0 Å². The van der Waals surface area contributed by atoms with Gasteiger partial charge >= 0.3 is 5.97 Å². The van der Waals surface area contributed by atoms with Gasteiger partial charge in [-0.25, -0.2) is 9.78 Å². The van der Waals surface area contributed by atoms with Crippen LogP contribution < -0.4 is 10.6 Å². The second-order valence-electron chi connectivity index (χ2n) is 5.86. The number of carbonyl (C=O) groups excluding carboxylic acids is 1. The summed E-state index contributed by atoms with van der Waals surface area (Å²) in [7, 11) is 0. The molecular weight excluding hydrogens is 340 g/mol. The smallest absolute Gasteiger partial charge is 0.338 e. The molecule has 0 aliphatic rings. The SMILES string of the molecule is CCOC(=O)c1ccc(Nc2nccc(Nc3ccc(CC)cc3)n2)cc1. The molecule has 0 bridgehead atoms. The maximum absolute atomic E-state index is 11.7. The second-order valence-corrected chi connectivity index (χ2v) is 5.86. The molecule has 2 N–H and O–H groups in total. The fraction of sp³-hybridized carbons (Fsp3) is 0.190. The maximum Gasteiger partial charge on any atom is 0.338 e. The van der Waals surface area contributed by atoms with Crippen LogP contribution >= 0.6 is 0 Å². The molecule has 0 radical (unpaired) electrons. The lowest BCUT2D eigenvalue weighted by atomic mass is 10.1. The van der Waals surface area contributed by atoms with Crippen LogP contribution in [0, 0.1) is 0 Å². The molecule has 0 saturated heterocycles. The van der Waals surface area contributed by atoms with Gasteiger partial charge in [-0.15, -0.1) is 0 Å². The van der Waals surface area contributed by atoms with Crippen molar-refractivity contribution >= 4 is 29.1 Å². The lowest BCUT2D eigenvalue weighted by molar-refractivity contribution is 0.0526. The van der Waals surface area contributed by atoms with Gasteiger partial charge in [0.15, 0.2) is 0 Å². The number of anilines is 4. The lowest BCUT2D eigenvalue weighted by Gasteiger charge is -2.09. The normalized spacial score (nSPS) is 10.3. The Morgan fingerprint density at radius 3 is 2.26 bits per heavy atom. The Morgan fingerprint density at radius 2 is 1.59 bits per heavy atom. The minimum Gasteiger partial charge on any atom is -0.462 e. The minimum atomic E-state index is -0.333. The molecule has 3 rings (SSSR count). The highest BCUT2D eigenvalue weighted by atomic mass is 16.5. The Balaban J connectivity index is 1.67. The fourth-order valence-electron chi connectivity index (χ4n) is 2.49. The summed E-state index contributed by atoms with van der Waals surface area (Å²) in [6, 6.07) is 17.0. The van der Waals surface area contributed by atoms with Crippen LogP contribution in [0.3, 0.4) is 0 Å². The summed E-state index contributed by atoms with van der Waals surface area (Å²) < 4.78 is 4.98. The topological polar surface area (TPSA) is 76.1 Å². The van der Waals surface area contributed by atoms with E-state index in [1.165, 1.54) is 5.56 Å². The van der Waals surface area contributed by atoms with Gasteiger partial charge < -0.3 is 15.4 Å². The predicted molar refractivity (Wildman–Crippen MR) is 107 cm³/mol. The van der Waals surface area contributed by atoms with Gasteiger partial charge in [-0.05, 0) is 61.4 Å². The third-order valence-corrected chi connectivity index (χ3v) is 3.94. The molecule has 0 atom stereocenters. The number of aryl methyl sites for hydroxylation is 1. The zero-order valence-corrected chi connectivity index (χ0v) is 15.4. The fourth-order valence-corrected chi connectivity index (χ4v) is 2.49. The highest BCUT2D eigenvalue weighted by Crippen LogP contribution is 2.19. The molecule has 2 aromatic carbocycles. The van der Waals surface area contributed by atoms with Crippen LogP contribution in [0.4, 0.5) is 23.1 Å². The van der Waals surface area contributed by atoms with Crippen LogP contribution in [0.25, 0.3) is 0 Å². The lowest BCUT2D eigenvalue weighted by Crippen LogP contribution is -2.04.